The molecule has 0 N–H and O–H groups in total. The number of rotatable bonds is 3. The summed E-state index contributed by atoms with van der Waals surface area (Å²) in [6.07, 6.45) is 1.32. The molecule has 2 atom stereocenters. The molecule has 21 heavy (non-hydrogen) atoms. The van der Waals surface area contributed by atoms with Gasteiger partial charge in [0.1, 0.15) is 0 Å². The van der Waals surface area contributed by atoms with Crippen LogP contribution in [0.25, 0.3) is 0 Å². The highest BCUT2D eigenvalue weighted by Crippen LogP contribution is 2.35. The van der Waals surface area contributed by atoms with E-state index >= 15 is 0 Å². The van der Waals surface area contributed by atoms with E-state index in [1.165, 1.54) is 17.5 Å². The summed E-state index contributed by atoms with van der Waals surface area (Å²) in [7, 11) is -3.03. The van der Waals surface area contributed by atoms with E-state index in [0.29, 0.717) is 30.8 Å². The minimum atomic E-state index is -3.03. The zero-order valence-corrected chi connectivity index (χ0v) is 13.8. The van der Waals surface area contributed by atoms with Crippen LogP contribution in [0, 0.1) is 11.8 Å². The summed E-state index contributed by atoms with van der Waals surface area (Å²) < 4.78 is 24.9. The maximum absolute atomic E-state index is 11.6. The van der Waals surface area contributed by atoms with Crippen LogP contribution in [0.5, 0.6) is 0 Å². The van der Waals surface area contributed by atoms with E-state index in [4.69, 9.17) is 0 Å². The van der Waals surface area contributed by atoms with Crippen LogP contribution in [0.1, 0.15) is 25.3 Å². The molecule has 0 aromatic heterocycles. The highest BCUT2D eigenvalue weighted by atomic mass is 32.2. The maximum Gasteiger partial charge on any atom is 0.211 e. The normalized spacial score (nSPS) is 26.6. The average molecular weight is 308 g/mol. The Labute approximate surface area is 127 Å². The summed E-state index contributed by atoms with van der Waals surface area (Å²) in [6.45, 7) is 7.73. The SMILES string of the molecule is CC(C)c1cccc(N2CC3CN(S(C)(=O)=O)CC3C2)c1. The zero-order valence-electron chi connectivity index (χ0n) is 13.0. The monoisotopic (exact) mass is 308 g/mol. The molecule has 1 aromatic carbocycles. The summed E-state index contributed by atoms with van der Waals surface area (Å²) in [5, 5.41) is 0. The van der Waals surface area contributed by atoms with Gasteiger partial charge in [-0.15, -0.1) is 0 Å². The quantitative estimate of drug-likeness (QED) is 0.859. The maximum atomic E-state index is 11.6. The Morgan fingerprint density at radius 2 is 1.71 bits per heavy atom. The number of sulfonamides is 1. The van der Waals surface area contributed by atoms with E-state index in [9.17, 15) is 8.42 Å². The second-order valence-electron chi connectivity index (χ2n) is 6.75. The van der Waals surface area contributed by atoms with Gasteiger partial charge in [-0.2, -0.15) is 0 Å². The van der Waals surface area contributed by atoms with E-state index < -0.39 is 10.0 Å². The van der Waals surface area contributed by atoms with Crippen LogP contribution in [-0.2, 0) is 10.0 Å². The summed E-state index contributed by atoms with van der Waals surface area (Å²) in [6, 6.07) is 8.75. The molecule has 2 aliphatic rings. The van der Waals surface area contributed by atoms with Gasteiger partial charge in [-0.3, -0.25) is 0 Å². The van der Waals surface area contributed by atoms with Crippen LogP contribution >= 0.6 is 0 Å². The highest BCUT2D eigenvalue weighted by molar-refractivity contribution is 7.88. The van der Waals surface area contributed by atoms with E-state index in [0.717, 1.165) is 13.1 Å². The first kappa shape index (κ1) is 14.9. The van der Waals surface area contributed by atoms with Crippen molar-refractivity contribution in [2.75, 3.05) is 37.3 Å². The van der Waals surface area contributed by atoms with Gasteiger partial charge in [0.05, 0.1) is 6.26 Å². The minimum absolute atomic E-state index is 0.474. The highest BCUT2D eigenvalue weighted by Gasteiger charge is 2.42. The molecule has 2 heterocycles. The molecule has 2 fully saturated rings. The van der Waals surface area contributed by atoms with Gasteiger partial charge in [0.2, 0.25) is 10.0 Å². The molecule has 2 aliphatic heterocycles. The van der Waals surface area contributed by atoms with Crippen molar-refractivity contribution in [1.82, 2.24) is 4.31 Å². The summed E-state index contributed by atoms with van der Waals surface area (Å²) in [4.78, 5) is 2.42. The molecule has 0 amide bonds. The molecule has 116 valence electrons. The predicted molar refractivity (Wildman–Crippen MR) is 86.1 cm³/mol. The van der Waals surface area contributed by atoms with Crippen molar-refractivity contribution in [3.8, 4) is 0 Å². The minimum Gasteiger partial charge on any atom is -0.371 e. The van der Waals surface area contributed by atoms with Gasteiger partial charge in [-0.1, -0.05) is 26.0 Å². The standard InChI is InChI=1S/C16H24N2O2S/c1-12(2)13-5-4-6-16(7-13)17-8-14-10-18(21(3,19)20)11-15(14)9-17/h4-7,12,14-15H,8-11H2,1-3H3. The third kappa shape index (κ3) is 2.94. The lowest BCUT2D eigenvalue weighted by atomic mass is 10.0. The van der Waals surface area contributed by atoms with Crippen LogP contribution < -0.4 is 4.90 Å². The van der Waals surface area contributed by atoms with Crippen molar-refractivity contribution in [1.29, 1.82) is 0 Å². The van der Waals surface area contributed by atoms with E-state index in [1.54, 1.807) is 4.31 Å². The van der Waals surface area contributed by atoms with Crippen LogP contribution in [0.2, 0.25) is 0 Å². The first-order chi connectivity index (χ1) is 9.84. The number of nitrogens with zero attached hydrogens (tertiary/aromatic N) is 2. The van der Waals surface area contributed by atoms with Gasteiger partial charge in [-0.05, 0) is 35.4 Å². The average Bonchev–Trinajstić information content (AvgIpc) is 2.96. The lowest BCUT2D eigenvalue weighted by Crippen LogP contribution is -2.32. The number of fused-ring (bicyclic) bond motifs is 1. The van der Waals surface area contributed by atoms with Gasteiger partial charge < -0.3 is 4.90 Å². The molecule has 0 aliphatic carbocycles. The predicted octanol–water partition coefficient (Wildman–Crippen LogP) is 2.14. The van der Waals surface area contributed by atoms with Crippen molar-refractivity contribution in [2.45, 2.75) is 19.8 Å². The molecule has 4 nitrogen and oxygen atoms in total. The second-order valence-corrected chi connectivity index (χ2v) is 8.74. The van der Waals surface area contributed by atoms with Gasteiger partial charge in [0.25, 0.3) is 0 Å². The molecule has 3 rings (SSSR count). The summed E-state index contributed by atoms with van der Waals surface area (Å²) >= 11 is 0. The summed E-state index contributed by atoms with van der Waals surface area (Å²) in [5.41, 5.74) is 2.64. The number of hydrogen-bond acceptors (Lipinski definition) is 3. The molecular formula is C16H24N2O2S. The smallest absolute Gasteiger partial charge is 0.211 e. The van der Waals surface area contributed by atoms with Crippen LogP contribution in [0.15, 0.2) is 24.3 Å². The Kier molecular flexibility index (Phi) is 3.74. The molecule has 5 heteroatoms. The molecule has 0 spiro atoms. The molecule has 0 bridgehead atoms. The number of benzene rings is 1. The molecule has 2 unspecified atom stereocenters. The fourth-order valence-electron chi connectivity index (χ4n) is 3.51. The van der Waals surface area contributed by atoms with Crippen molar-refractivity contribution in [3.05, 3.63) is 29.8 Å². The Hall–Kier alpha value is -1.07. The van der Waals surface area contributed by atoms with Crippen molar-refractivity contribution >= 4 is 15.7 Å². The zero-order chi connectivity index (χ0) is 15.2. The van der Waals surface area contributed by atoms with Gasteiger partial charge in [0, 0.05) is 31.9 Å². The van der Waals surface area contributed by atoms with Crippen LogP contribution in [0.3, 0.4) is 0 Å². The lowest BCUT2D eigenvalue weighted by molar-refractivity contribution is 0.458. The largest absolute Gasteiger partial charge is 0.371 e. The molecule has 0 saturated carbocycles. The Morgan fingerprint density at radius 1 is 1.10 bits per heavy atom. The third-order valence-corrected chi connectivity index (χ3v) is 6.06. The fourth-order valence-corrected chi connectivity index (χ4v) is 4.44. The second kappa shape index (κ2) is 5.29. The lowest BCUT2D eigenvalue weighted by Gasteiger charge is -2.23. The Bertz CT molecular complexity index is 613. The Morgan fingerprint density at radius 3 is 2.24 bits per heavy atom. The van der Waals surface area contributed by atoms with E-state index in [2.05, 4.69) is 43.0 Å². The summed E-state index contributed by atoms with van der Waals surface area (Å²) in [5.74, 6) is 1.48. The van der Waals surface area contributed by atoms with Gasteiger partial charge in [0.15, 0.2) is 0 Å². The topological polar surface area (TPSA) is 40.6 Å². The van der Waals surface area contributed by atoms with E-state index in [1.807, 2.05) is 0 Å². The first-order valence-corrected chi connectivity index (χ1v) is 9.49. The van der Waals surface area contributed by atoms with Crippen molar-refractivity contribution in [3.63, 3.8) is 0 Å². The van der Waals surface area contributed by atoms with Crippen molar-refractivity contribution < 1.29 is 8.42 Å². The number of anilines is 1. The van der Waals surface area contributed by atoms with Crippen LogP contribution in [0.4, 0.5) is 5.69 Å². The molecule has 0 radical (unpaired) electrons. The molecular weight excluding hydrogens is 284 g/mol. The van der Waals surface area contributed by atoms with Crippen LogP contribution in [-0.4, -0.2) is 45.2 Å². The number of hydrogen-bond donors (Lipinski definition) is 0. The molecule has 2 saturated heterocycles. The van der Waals surface area contributed by atoms with Gasteiger partial charge >= 0.3 is 0 Å². The first-order valence-electron chi connectivity index (χ1n) is 7.64. The third-order valence-electron chi connectivity index (χ3n) is 4.82. The van der Waals surface area contributed by atoms with Crippen molar-refractivity contribution in [2.24, 2.45) is 11.8 Å². The Balaban J connectivity index is 1.72. The molecule has 1 aromatic rings. The van der Waals surface area contributed by atoms with Gasteiger partial charge in [-0.25, -0.2) is 12.7 Å². The van der Waals surface area contributed by atoms with E-state index in [-0.39, 0.29) is 0 Å². The fraction of sp³-hybridized carbons (Fsp3) is 0.625.